The molecule has 0 aliphatic carbocycles. The minimum Gasteiger partial charge on any atom is -0.497 e. The van der Waals surface area contributed by atoms with Crippen molar-refractivity contribution in [3.05, 3.63) is 54.6 Å². The number of methoxy groups -OCH3 is 1. The number of hydrogen-bond acceptors (Lipinski definition) is 3. The van der Waals surface area contributed by atoms with Gasteiger partial charge in [-0.25, -0.2) is 0 Å². The van der Waals surface area contributed by atoms with Crippen molar-refractivity contribution in [1.29, 1.82) is 0 Å². The summed E-state index contributed by atoms with van der Waals surface area (Å²) in [5.74, 6) is 2.18. The predicted octanol–water partition coefficient (Wildman–Crippen LogP) is 3.93. The molecule has 0 spiro atoms. The van der Waals surface area contributed by atoms with Crippen LogP contribution in [-0.4, -0.2) is 36.9 Å². The topological polar surface area (TPSA) is 29.5 Å². The summed E-state index contributed by atoms with van der Waals surface area (Å²) in [7, 11) is 1.66. The van der Waals surface area contributed by atoms with Crippen molar-refractivity contribution in [3.63, 3.8) is 0 Å². The normalized spacial score (nSPS) is 28.7. The second-order valence-electron chi connectivity index (χ2n) is 6.95. The number of ketones is 1. The molecule has 3 aliphatic rings. The molecule has 3 heteroatoms. The molecular formula is C21H23NO2. The van der Waals surface area contributed by atoms with Crippen molar-refractivity contribution < 1.29 is 9.53 Å². The number of carbonyl (C=O) groups is 1. The van der Waals surface area contributed by atoms with Crippen molar-refractivity contribution in [1.82, 2.24) is 4.90 Å². The summed E-state index contributed by atoms with van der Waals surface area (Å²) in [6.45, 7) is 5.96. The van der Waals surface area contributed by atoms with Crippen LogP contribution in [0.1, 0.15) is 23.2 Å². The fourth-order valence-electron chi connectivity index (χ4n) is 4.38. The average Bonchev–Trinajstić information content (AvgIpc) is 2.66. The van der Waals surface area contributed by atoms with E-state index in [4.69, 9.17) is 4.74 Å². The molecule has 2 bridgehead atoms. The van der Waals surface area contributed by atoms with E-state index in [9.17, 15) is 4.79 Å². The predicted molar refractivity (Wildman–Crippen MR) is 96.6 cm³/mol. The Hall–Kier alpha value is -2.13. The van der Waals surface area contributed by atoms with Gasteiger partial charge in [-0.1, -0.05) is 30.3 Å². The summed E-state index contributed by atoms with van der Waals surface area (Å²) in [6, 6.07) is 11.9. The van der Waals surface area contributed by atoms with Crippen LogP contribution < -0.4 is 4.74 Å². The molecule has 0 N–H and O–H groups in total. The fourth-order valence-corrected chi connectivity index (χ4v) is 4.38. The Kier molecular flexibility index (Phi) is 3.89. The molecule has 0 saturated carbocycles. The van der Waals surface area contributed by atoms with Crippen LogP contribution in [0.5, 0.6) is 5.75 Å². The fraction of sp³-hybridized carbons (Fsp3) is 0.381. The summed E-state index contributed by atoms with van der Waals surface area (Å²) in [5, 5.41) is 2.08. The number of hydrogen-bond donors (Lipinski definition) is 0. The highest BCUT2D eigenvalue weighted by atomic mass is 16.5. The van der Waals surface area contributed by atoms with E-state index in [1.807, 2.05) is 36.4 Å². The van der Waals surface area contributed by atoms with E-state index < -0.39 is 0 Å². The maximum atomic E-state index is 13.3. The van der Waals surface area contributed by atoms with Gasteiger partial charge in [-0.2, -0.15) is 0 Å². The van der Waals surface area contributed by atoms with Crippen LogP contribution in [0.15, 0.2) is 49.1 Å². The number of benzene rings is 2. The summed E-state index contributed by atoms with van der Waals surface area (Å²) < 4.78 is 5.35. The van der Waals surface area contributed by atoms with E-state index in [1.54, 1.807) is 7.11 Å². The van der Waals surface area contributed by atoms with Crippen LogP contribution in [0.2, 0.25) is 0 Å². The van der Waals surface area contributed by atoms with Crippen LogP contribution in [0.3, 0.4) is 0 Å². The summed E-state index contributed by atoms with van der Waals surface area (Å²) in [6.07, 6.45) is 4.21. The molecule has 4 atom stereocenters. The quantitative estimate of drug-likeness (QED) is 0.631. The SMILES string of the molecule is C=CC1CN2CCC1CC2C(=O)c1cccc2ccc(OC)cc12. The molecule has 24 heavy (non-hydrogen) atoms. The Labute approximate surface area is 142 Å². The van der Waals surface area contributed by atoms with Gasteiger partial charge >= 0.3 is 0 Å². The Bertz CT molecular complexity index is 798. The first kappa shape index (κ1) is 15.4. The standard InChI is InChI=1S/C21H23NO2/c1-3-14-13-22-10-9-16(14)11-20(22)21(23)18-6-4-5-15-7-8-17(24-2)12-19(15)18/h3-8,12,14,16,20H,1,9-11,13H2,2H3. The van der Waals surface area contributed by atoms with Gasteiger partial charge in [0.05, 0.1) is 13.2 Å². The lowest BCUT2D eigenvalue weighted by molar-refractivity contribution is 0.0205. The highest BCUT2D eigenvalue weighted by Crippen LogP contribution is 2.38. The Morgan fingerprint density at radius 3 is 2.92 bits per heavy atom. The Morgan fingerprint density at radius 2 is 2.21 bits per heavy atom. The third-order valence-electron chi connectivity index (χ3n) is 5.76. The van der Waals surface area contributed by atoms with E-state index in [0.29, 0.717) is 11.8 Å². The Balaban J connectivity index is 1.70. The lowest BCUT2D eigenvalue weighted by Crippen LogP contribution is -2.55. The molecule has 3 nitrogen and oxygen atoms in total. The summed E-state index contributed by atoms with van der Waals surface area (Å²) in [4.78, 5) is 15.6. The van der Waals surface area contributed by atoms with E-state index in [2.05, 4.69) is 17.6 Å². The molecule has 2 aromatic rings. The maximum Gasteiger partial charge on any atom is 0.180 e. The van der Waals surface area contributed by atoms with Crippen molar-refractivity contribution in [3.8, 4) is 5.75 Å². The molecule has 0 radical (unpaired) electrons. The van der Waals surface area contributed by atoms with Crippen LogP contribution in [0, 0.1) is 11.8 Å². The van der Waals surface area contributed by atoms with Crippen LogP contribution in [0.4, 0.5) is 0 Å². The number of fused-ring (bicyclic) bond motifs is 4. The van der Waals surface area contributed by atoms with Crippen molar-refractivity contribution in [2.75, 3.05) is 20.2 Å². The van der Waals surface area contributed by atoms with Gasteiger partial charge in [0.2, 0.25) is 0 Å². The van der Waals surface area contributed by atoms with Crippen LogP contribution in [0.25, 0.3) is 10.8 Å². The first-order valence-electron chi connectivity index (χ1n) is 8.69. The number of ether oxygens (including phenoxy) is 1. The van der Waals surface area contributed by atoms with Crippen molar-refractivity contribution in [2.24, 2.45) is 11.8 Å². The molecule has 5 rings (SSSR count). The molecular weight excluding hydrogens is 298 g/mol. The van der Waals surface area contributed by atoms with Gasteiger partial charge < -0.3 is 4.74 Å². The molecule has 2 aromatic carbocycles. The number of carbonyl (C=O) groups excluding carboxylic acids is 1. The second-order valence-corrected chi connectivity index (χ2v) is 6.95. The van der Waals surface area contributed by atoms with Crippen LogP contribution >= 0.6 is 0 Å². The smallest absolute Gasteiger partial charge is 0.180 e. The average molecular weight is 321 g/mol. The molecule has 0 aromatic heterocycles. The first-order chi connectivity index (χ1) is 11.7. The van der Waals surface area contributed by atoms with E-state index in [-0.39, 0.29) is 11.8 Å². The highest BCUT2D eigenvalue weighted by molar-refractivity contribution is 6.10. The lowest BCUT2D eigenvalue weighted by atomic mass is 9.74. The van der Waals surface area contributed by atoms with E-state index >= 15 is 0 Å². The van der Waals surface area contributed by atoms with E-state index in [1.165, 1.54) is 6.42 Å². The van der Waals surface area contributed by atoms with Crippen LogP contribution in [-0.2, 0) is 0 Å². The summed E-state index contributed by atoms with van der Waals surface area (Å²) >= 11 is 0. The maximum absolute atomic E-state index is 13.3. The van der Waals surface area contributed by atoms with Gasteiger partial charge in [0, 0.05) is 12.1 Å². The minimum atomic E-state index is 0.0109. The van der Waals surface area contributed by atoms with Crippen molar-refractivity contribution >= 4 is 16.6 Å². The number of Topliss-reactive ketones (excluding diaryl/α,β-unsaturated/α-hetero) is 1. The lowest BCUT2D eigenvalue weighted by Gasteiger charge is -2.48. The molecule has 3 fully saturated rings. The van der Waals surface area contributed by atoms with Gasteiger partial charge in [-0.15, -0.1) is 6.58 Å². The van der Waals surface area contributed by atoms with Gasteiger partial charge in [0.15, 0.2) is 5.78 Å². The third kappa shape index (κ3) is 2.44. The molecule has 3 aliphatic heterocycles. The zero-order valence-electron chi connectivity index (χ0n) is 14.1. The molecule has 0 amide bonds. The largest absolute Gasteiger partial charge is 0.497 e. The number of piperidine rings is 3. The molecule has 4 unspecified atom stereocenters. The van der Waals surface area contributed by atoms with Gasteiger partial charge in [0.25, 0.3) is 0 Å². The highest BCUT2D eigenvalue weighted by Gasteiger charge is 2.42. The second kappa shape index (κ2) is 6.06. The first-order valence-corrected chi connectivity index (χ1v) is 8.69. The van der Waals surface area contributed by atoms with Gasteiger partial charge in [-0.3, -0.25) is 9.69 Å². The molecule has 124 valence electrons. The zero-order valence-corrected chi connectivity index (χ0v) is 14.1. The Morgan fingerprint density at radius 1 is 1.33 bits per heavy atom. The van der Waals surface area contributed by atoms with Gasteiger partial charge in [-0.05, 0) is 54.1 Å². The van der Waals surface area contributed by atoms with Gasteiger partial charge in [0.1, 0.15) is 5.75 Å². The molecule has 3 heterocycles. The van der Waals surface area contributed by atoms with Crippen molar-refractivity contribution in [2.45, 2.75) is 18.9 Å². The number of nitrogens with zero attached hydrogens (tertiary/aromatic N) is 1. The summed E-state index contributed by atoms with van der Waals surface area (Å²) in [5.41, 5.74) is 0.819. The number of rotatable bonds is 4. The molecule has 3 saturated heterocycles. The zero-order chi connectivity index (χ0) is 16.7. The minimum absolute atomic E-state index is 0.0109. The third-order valence-corrected chi connectivity index (χ3v) is 5.76. The monoisotopic (exact) mass is 321 g/mol. The van der Waals surface area contributed by atoms with E-state index in [0.717, 1.165) is 41.6 Å².